The third-order valence-corrected chi connectivity index (χ3v) is 1.40. The lowest BCUT2D eigenvalue weighted by molar-refractivity contribution is 0.135. The summed E-state index contributed by atoms with van der Waals surface area (Å²) >= 11 is 0. The van der Waals surface area contributed by atoms with Crippen LogP contribution in [0.2, 0.25) is 0 Å². The Balaban J connectivity index is 3.25. The van der Waals surface area contributed by atoms with Crippen molar-refractivity contribution in [2.24, 2.45) is 0 Å². The molecule has 2 heteroatoms. The number of aliphatic hydroxyl groups excluding tert-OH is 2. The van der Waals surface area contributed by atoms with Gasteiger partial charge in [0.1, 0.15) is 0 Å². The third-order valence-electron chi connectivity index (χ3n) is 1.40. The maximum absolute atomic E-state index is 8.99. The number of hydrogen-bond donors (Lipinski definition) is 2. The highest BCUT2D eigenvalue weighted by Crippen LogP contribution is 2.04. The van der Waals surface area contributed by atoms with E-state index in [-0.39, 0.29) is 6.10 Å². The Hall–Kier alpha value is -0.340. The molecule has 59 valence electrons. The summed E-state index contributed by atoms with van der Waals surface area (Å²) in [6.45, 7) is 6.95. The van der Waals surface area contributed by atoms with Crippen LogP contribution in [0.4, 0.5) is 0 Å². The van der Waals surface area contributed by atoms with Crippen LogP contribution in [0.5, 0.6) is 0 Å². The lowest BCUT2D eigenvalue weighted by Gasteiger charge is -2.08. The fraction of sp³-hybridized carbons (Fsp3) is 0.625. The smallest absolute Gasteiger partial charge is 0.0719 e. The SMILES string of the molecule is [CH2]CC(O)CCC(O)C=C. The second kappa shape index (κ2) is 5.45. The summed E-state index contributed by atoms with van der Waals surface area (Å²) in [5.41, 5.74) is 0. The van der Waals surface area contributed by atoms with E-state index >= 15 is 0 Å². The van der Waals surface area contributed by atoms with Gasteiger partial charge in [0.15, 0.2) is 0 Å². The molecule has 0 heterocycles. The Morgan fingerprint density at radius 2 is 1.90 bits per heavy atom. The minimum absolute atomic E-state index is 0.380. The molecular formula is C8H15O2. The molecule has 0 aromatic heterocycles. The van der Waals surface area contributed by atoms with Crippen molar-refractivity contribution in [3.63, 3.8) is 0 Å². The Bertz CT molecular complexity index is 91.3. The summed E-state index contributed by atoms with van der Waals surface area (Å²) in [6, 6.07) is 0. The van der Waals surface area contributed by atoms with Crippen molar-refractivity contribution in [2.75, 3.05) is 0 Å². The van der Waals surface area contributed by atoms with Gasteiger partial charge in [-0.25, -0.2) is 0 Å². The third kappa shape index (κ3) is 4.53. The molecule has 0 bridgehead atoms. The molecule has 2 N–H and O–H groups in total. The van der Waals surface area contributed by atoms with Crippen LogP contribution in [0.15, 0.2) is 12.7 Å². The summed E-state index contributed by atoms with van der Waals surface area (Å²) in [5.74, 6) is 0. The van der Waals surface area contributed by atoms with Crippen molar-refractivity contribution in [3.05, 3.63) is 19.6 Å². The molecule has 2 atom stereocenters. The zero-order valence-electron chi connectivity index (χ0n) is 6.16. The Labute approximate surface area is 62.2 Å². The van der Waals surface area contributed by atoms with E-state index in [0.717, 1.165) is 0 Å². The molecule has 0 rings (SSSR count). The predicted molar refractivity (Wildman–Crippen MR) is 41.4 cm³/mol. The Morgan fingerprint density at radius 3 is 2.30 bits per heavy atom. The van der Waals surface area contributed by atoms with Crippen LogP contribution in [0.3, 0.4) is 0 Å². The first-order valence-corrected chi connectivity index (χ1v) is 3.48. The molecule has 0 aliphatic carbocycles. The molecule has 0 aromatic rings. The monoisotopic (exact) mass is 143 g/mol. The zero-order valence-corrected chi connectivity index (χ0v) is 6.16. The van der Waals surface area contributed by atoms with Gasteiger partial charge >= 0.3 is 0 Å². The highest BCUT2D eigenvalue weighted by atomic mass is 16.3. The van der Waals surface area contributed by atoms with E-state index in [1.807, 2.05) is 0 Å². The Morgan fingerprint density at radius 1 is 1.30 bits per heavy atom. The second-order valence-corrected chi connectivity index (χ2v) is 2.32. The molecule has 0 aromatic carbocycles. The predicted octanol–water partition coefficient (Wildman–Crippen LogP) is 0.899. The van der Waals surface area contributed by atoms with E-state index in [2.05, 4.69) is 13.5 Å². The van der Waals surface area contributed by atoms with Crippen molar-refractivity contribution in [1.82, 2.24) is 0 Å². The topological polar surface area (TPSA) is 40.5 Å². The minimum Gasteiger partial charge on any atom is -0.393 e. The molecule has 1 radical (unpaired) electrons. The highest BCUT2D eigenvalue weighted by Gasteiger charge is 2.03. The van der Waals surface area contributed by atoms with Gasteiger partial charge < -0.3 is 10.2 Å². The largest absolute Gasteiger partial charge is 0.393 e. The van der Waals surface area contributed by atoms with E-state index in [1.165, 1.54) is 6.08 Å². The summed E-state index contributed by atoms with van der Waals surface area (Å²) in [7, 11) is 0. The fourth-order valence-corrected chi connectivity index (χ4v) is 0.625. The van der Waals surface area contributed by atoms with E-state index in [9.17, 15) is 0 Å². The normalized spacial score (nSPS) is 16.3. The first-order valence-electron chi connectivity index (χ1n) is 3.48. The summed E-state index contributed by atoms with van der Waals surface area (Å²) in [5, 5.41) is 17.9. The van der Waals surface area contributed by atoms with Crippen molar-refractivity contribution < 1.29 is 10.2 Å². The maximum Gasteiger partial charge on any atom is 0.0719 e. The van der Waals surface area contributed by atoms with Gasteiger partial charge in [-0.05, 0) is 19.3 Å². The van der Waals surface area contributed by atoms with E-state index in [0.29, 0.717) is 19.3 Å². The lowest BCUT2D eigenvalue weighted by Crippen LogP contribution is -2.09. The molecule has 0 fully saturated rings. The minimum atomic E-state index is -0.485. The van der Waals surface area contributed by atoms with E-state index in [4.69, 9.17) is 10.2 Å². The molecule has 10 heavy (non-hydrogen) atoms. The zero-order chi connectivity index (χ0) is 7.98. The molecule has 0 aliphatic rings. The van der Waals surface area contributed by atoms with Crippen LogP contribution < -0.4 is 0 Å². The van der Waals surface area contributed by atoms with Crippen LogP contribution >= 0.6 is 0 Å². The van der Waals surface area contributed by atoms with E-state index < -0.39 is 6.10 Å². The molecule has 2 unspecified atom stereocenters. The van der Waals surface area contributed by atoms with Crippen LogP contribution in [-0.4, -0.2) is 22.4 Å². The number of hydrogen-bond acceptors (Lipinski definition) is 2. The average Bonchev–Trinajstić information content (AvgIpc) is 1.99. The molecular weight excluding hydrogens is 128 g/mol. The molecule has 0 amide bonds. The summed E-state index contributed by atoms with van der Waals surface area (Å²) in [4.78, 5) is 0. The van der Waals surface area contributed by atoms with Crippen molar-refractivity contribution in [1.29, 1.82) is 0 Å². The van der Waals surface area contributed by atoms with Crippen LogP contribution in [0.25, 0.3) is 0 Å². The second-order valence-electron chi connectivity index (χ2n) is 2.32. The van der Waals surface area contributed by atoms with Crippen molar-refractivity contribution in [3.8, 4) is 0 Å². The summed E-state index contributed by atoms with van der Waals surface area (Å²) in [6.07, 6.45) is 2.27. The van der Waals surface area contributed by atoms with Gasteiger partial charge in [0, 0.05) is 0 Å². The van der Waals surface area contributed by atoms with E-state index in [1.54, 1.807) is 0 Å². The average molecular weight is 143 g/mol. The van der Waals surface area contributed by atoms with Gasteiger partial charge in [-0.15, -0.1) is 6.58 Å². The van der Waals surface area contributed by atoms with Gasteiger partial charge in [0.05, 0.1) is 12.2 Å². The molecule has 0 aliphatic heterocycles. The first-order chi connectivity index (χ1) is 4.70. The standard InChI is InChI=1S/C8H15O2/c1-3-7(9)5-6-8(10)4-2/h3,7-10H,1-2,4-6H2. The molecule has 0 saturated heterocycles. The number of aliphatic hydroxyl groups is 2. The summed E-state index contributed by atoms with van der Waals surface area (Å²) < 4.78 is 0. The van der Waals surface area contributed by atoms with Crippen LogP contribution in [-0.2, 0) is 0 Å². The van der Waals surface area contributed by atoms with Gasteiger partial charge in [-0.2, -0.15) is 0 Å². The van der Waals surface area contributed by atoms with Gasteiger partial charge in [-0.3, -0.25) is 0 Å². The lowest BCUT2D eigenvalue weighted by atomic mass is 10.1. The van der Waals surface area contributed by atoms with Crippen LogP contribution in [0.1, 0.15) is 19.3 Å². The molecule has 0 saturated carbocycles. The highest BCUT2D eigenvalue weighted by molar-refractivity contribution is 4.78. The van der Waals surface area contributed by atoms with Crippen LogP contribution in [0, 0.1) is 6.92 Å². The number of rotatable bonds is 5. The maximum atomic E-state index is 8.99. The fourth-order valence-electron chi connectivity index (χ4n) is 0.625. The van der Waals surface area contributed by atoms with Gasteiger partial charge in [-0.1, -0.05) is 13.0 Å². The van der Waals surface area contributed by atoms with Gasteiger partial charge in [0.25, 0.3) is 0 Å². The van der Waals surface area contributed by atoms with Crippen molar-refractivity contribution in [2.45, 2.75) is 31.5 Å². The molecule has 2 nitrogen and oxygen atoms in total. The first kappa shape index (κ1) is 9.66. The quantitative estimate of drug-likeness (QED) is 0.561. The van der Waals surface area contributed by atoms with Gasteiger partial charge in [0.2, 0.25) is 0 Å². The molecule has 0 spiro atoms. The van der Waals surface area contributed by atoms with Crippen molar-refractivity contribution >= 4 is 0 Å². The Kier molecular flexibility index (Phi) is 5.26.